The minimum absolute atomic E-state index is 0.282. The van der Waals surface area contributed by atoms with Crippen molar-refractivity contribution in [1.82, 2.24) is 15.5 Å². The minimum Gasteiger partial charge on any atom is -0.352 e. The largest absolute Gasteiger partial charge is 0.352 e. The summed E-state index contributed by atoms with van der Waals surface area (Å²) < 4.78 is 13.4. The maximum absolute atomic E-state index is 13.4. The lowest BCUT2D eigenvalue weighted by Crippen LogP contribution is -2.55. The van der Waals surface area contributed by atoms with Gasteiger partial charge >= 0.3 is 6.03 Å². The number of nitrogens with one attached hydrogen (secondary N) is 2. The van der Waals surface area contributed by atoms with Crippen LogP contribution in [0.1, 0.15) is 31.9 Å². The van der Waals surface area contributed by atoms with Crippen LogP contribution in [0.3, 0.4) is 0 Å². The second kappa shape index (κ2) is 7.24. The number of piperazine rings is 1. The molecule has 0 bridgehead atoms. The van der Waals surface area contributed by atoms with Crippen molar-refractivity contribution in [3.05, 3.63) is 35.6 Å². The Balaban J connectivity index is 2.13. The summed E-state index contributed by atoms with van der Waals surface area (Å²) in [6.45, 7) is 5.53. The topological polar surface area (TPSA) is 61.4 Å². The van der Waals surface area contributed by atoms with E-state index in [9.17, 15) is 14.0 Å². The first-order valence-corrected chi connectivity index (χ1v) is 7.56. The van der Waals surface area contributed by atoms with Gasteiger partial charge in [0.15, 0.2) is 0 Å². The molecular formula is C16H22FN3O2. The number of carbonyl (C=O) groups is 2. The average Bonchev–Trinajstić information content (AvgIpc) is 2.46. The van der Waals surface area contributed by atoms with Crippen LogP contribution in [0.4, 0.5) is 9.18 Å². The van der Waals surface area contributed by atoms with E-state index < -0.39 is 11.9 Å². The summed E-state index contributed by atoms with van der Waals surface area (Å²) in [5.41, 5.74) is 0.483. The zero-order valence-corrected chi connectivity index (χ0v) is 12.9. The van der Waals surface area contributed by atoms with Gasteiger partial charge in [-0.3, -0.25) is 4.79 Å². The summed E-state index contributed by atoms with van der Waals surface area (Å²) in [6, 6.07) is 4.74. The molecule has 0 spiro atoms. The van der Waals surface area contributed by atoms with Crippen LogP contribution in [0, 0.1) is 11.7 Å². The molecule has 2 N–H and O–H groups in total. The summed E-state index contributed by atoms with van der Waals surface area (Å²) in [4.78, 5) is 25.9. The highest BCUT2D eigenvalue weighted by molar-refractivity contribution is 5.89. The molecule has 1 heterocycles. The zero-order chi connectivity index (χ0) is 16.1. The van der Waals surface area contributed by atoms with Crippen molar-refractivity contribution < 1.29 is 14.0 Å². The summed E-state index contributed by atoms with van der Waals surface area (Å²) in [5.74, 6) is -0.212. The summed E-state index contributed by atoms with van der Waals surface area (Å²) in [5, 5.41) is 5.56. The highest BCUT2D eigenvalue weighted by atomic mass is 19.1. The van der Waals surface area contributed by atoms with Gasteiger partial charge in [0, 0.05) is 19.6 Å². The number of rotatable bonds is 4. The van der Waals surface area contributed by atoms with Crippen molar-refractivity contribution in [1.29, 1.82) is 0 Å². The Kier molecular flexibility index (Phi) is 5.35. The number of carbonyl (C=O) groups excluding carboxylic acids is 2. The molecule has 1 saturated heterocycles. The molecule has 22 heavy (non-hydrogen) atoms. The first-order chi connectivity index (χ1) is 10.5. The average molecular weight is 307 g/mol. The number of halogens is 1. The molecule has 1 aliphatic heterocycles. The van der Waals surface area contributed by atoms with Crippen LogP contribution >= 0.6 is 0 Å². The molecule has 3 amide bonds. The molecule has 5 nitrogen and oxygen atoms in total. The van der Waals surface area contributed by atoms with E-state index >= 15 is 0 Å². The van der Waals surface area contributed by atoms with Crippen LogP contribution in [-0.4, -0.2) is 36.5 Å². The molecule has 1 aliphatic rings. The highest BCUT2D eigenvalue weighted by Crippen LogP contribution is 2.24. The van der Waals surface area contributed by atoms with Gasteiger partial charge < -0.3 is 15.5 Å². The lowest BCUT2D eigenvalue weighted by Gasteiger charge is -2.35. The first-order valence-electron chi connectivity index (χ1n) is 7.56. The Morgan fingerprint density at radius 2 is 2.27 bits per heavy atom. The Morgan fingerprint density at radius 3 is 2.95 bits per heavy atom. The second-order valence-electron chi connectivity index (χ2n) is 5.86. The van der Waals surface area contributed by atoms with E-state index in [1.807, 2.05) is 0 Å². The smallest absolute Gasteiger partial charge is 0.318 e. The molecule has 120 valence electrons. The van der Waals surface area contributed by atoms with Crippen LogP contribution in [0.25, 0.3) is 0 Å². The van der Waals surface area contributed by atoms with E-state index in [-0.39, 0.29) is 11.9 Å². The van der Waals surface area contributed by atoms with Crippen molar-refractivity contribution >= 4 is 11.9 Å². The van der Waals surface area contributed by atoms with Gasteiger partial charge in [0.1, 0.15) is 11.9 Å². The molecule has 6 heteroatoms. The third-order valence-electron chi connectivity index (χ3n) is 3.64. The van der Waals surface area contributed by atoms with Crippen LogP contribution in [0.15, 0.2) is 24.3 Å². The van der Waals surface area contributed by atoms with E-state index in [0.717, 1.165) is 6.42 Å². The molecule has 0 radical (unpaired) electrons. The van der Waals surface area contributed by atoms with Crippen LogP contribution in [-0.2, 0) is 4.79 Å². The third kappa shape index (κ3) is 3.96. The molecule has 0 aromatic heterocycles. The van der Waals surface area contributed by atoms with E-state index in [0.29, 0.717) is 31.1 Å². The highest BCUT2D eigenvalue weighted by Gasteiger charge is 2.34. The molecular weight excluding hydrogens is 285 g/mol. The van der Waals surface area contributed by atoms with Gasteiger partial charge in [-0.25, -0.2) is 9.18 Å². The Hall–Kier alpha value is -2.11. The SMILES string of the molecule is CC(C)CCNC(=O)N1CCNC(=O)C1c1cccc(F)c1. The lowest BCUT2D eigenvalue weighted by atomic mass is 10.0. The van der Waals surface area contributed by atoms with Crippen LogP contribution in [0.5, 0.6) is 0 Å². The number of hydrogen-bond acceptors (Lipinski definition) is 2. The van der Waals surface area contributed by atoms with Crippen molar-refractivity contribution in [2.24, 2.45) is 5.92 Å². The van der Waals surface area contributed by atoms with Crippen LogP contribution in [0.2, 0.25) is 0 Å². The molecule has 0 aliphatic carbocycles. The molecule has 0 saturated carbocycles. The quantitative estimate of drug-likeness (QED) is 0.894. The number of urea groups is 1. The molecule has 1 aromatic rings. The fraction of sp³-hybridized carbons (Fsp3) is 0.500. The van der Waals surface area contributed by atoms with E-state index in [1.54, 1.807) is 12.1 Å². The predicted molar refractivity (Wildman–Crippen MR) is 81.7 cm³/mol. The number of nitrogens with zero attached hydrogens (tertiary/aromatic N) is 1. The molecule has 1 atom stereocenters. The van der Waals surface area contributed by atoms with Gasteiger partial charge in [-0.1, -0.05) is 26.0 Å². The number of hydrogen-bond donors (Lipinski definition) is 2. The van der Waals surface area contributed by atoms with Gasteiger partial charge in [-0.2, -0.15) is 0 Å². The minimum atomic E-state index is -0.788. The van der Waals surface area contributed by atoms with E-state index in [1.165, 1.54) is 17.0 Å². The maximum atomic E-state index is 13.4. The van der Waals surface area contributed by atoms with Crippen molar-refractivity contribution in [3.8, 4) is 0 Å². The second-order valence-corrected chi connectivity index (χ2v) is 5.86. The number of benzene rings is 1. The summed E-state index contributed by atoms with van der Waals surface area (Å²) in [7, 11) is 0. The van der Waals surface area contributed by atoms with Gasteiger partial charge in [0.05, 0.1) is 0 Å². The summed E-state index contributed by atoms with van der Waals surface area (Å²) >= 11 is 0. The van der Waals surface area contributed by atoms with Crippen molar-refractivity contribution in [3.63, 3.8) is 0 Å². The monoisotopic (exact) mass is 307 g/mol. The van der Waals surface area contributed by atoms with Crippen LogP contribution < -0.4 is 10.6 Å². The first kappa shape index (κ1) is 16.3. The summed E-state index contributed by atoms with van der Waals surface area (Å²) in [6.07, 6.45) is 0.871. The van der Waals surface area contributed by atoms with Gasteiger partial charge in [0.2, 0.25) is 5.91 Å². The molecule has 1 fully saturated rings. The number of amides is 3. The maximum Gasteiger partial charge on any atom is 0.318 e. The molecule has 2 rings (SSSR count). The van der Waals surface area contributed by atoms with Gasteiger partial charge in [0.25, 0.3) is 0 Å². The normalized spacial score (nSPS) is 18.3. The molecule has 1 aromatic carbocycles. The van der Waals surface area contributed by atoms with E-state index in [4.69, 9.17) is 0 Å². The Labute approximate surface area is 129 Å². The van der Waals surface area contributed by atoms with Crippen molar-refractivity contribution in [2.75, 3.05) is 19.6 Å². The Morgan fingerprint density at radius 1 is 1.50 bits per heavy atom. The predicted octanol–water partition coefficient (Wildman–Crippen LogP) is 2.05. The lowest BCUT2D eigenvalue weighted by molar-refractivity contribution is -0.127. The van der Waals surface area contributed by atoms with Crippen molar-refractivity contribution in [2.45, 2.75) is 26.3 Å². The third-order valence-corrected chi connectivity index (χ3v) is 3.64. The fourth-order valence-corrected chi connectivity index (χ4v) is 2.46. The fourth-order valence-electron chi connectivity index (χ4n) is 2.46. The van der Waals surface area contributed by atoms with Gasteiger partial charge in [-0.05, 0) is 30.0 Å². The molecule has 1 unspecified atom stereocenters. The standard InChI is InChI=1S/C16H22FN3O2/c1-11(2)6-7-19-16(22)20-9-8-18-15(21)14(20)12-4-3-5-13(17)10-12/h3-5,10-11,14H,6-9H2,1-2H3,(H,18,21)(H,19,22). The van der Waals surface area contributed by atoms with E-state index in [2.05, 4.69) is 24.5 Å². The van der Waals surface area contributed by atoms with Gasteiger partial charge in [-0.15, -0.1) is 0 Å². The zero-order valence-electron chi connectivity index (χ0n) is 12.9. The Bertz CT molecular complexity index is 548.